The summed E-state index contributed by atoms with van der Waals surface area (Å²) in [6.45, 7) is 0. The normalized spacial score (nSPS) is 13.9. The largest absolute Gasteiger partial charge is 0.283 e. The van der Waals surface area contributed by atoms with Gasteiger partial charge in [0.15, 0.2) is 0 Å². The lowest BCUT2D eigenvalue weighted by molar-refractivity contribution is -0.385. The summed E-state index contributed by atoms with van der Waals surface area (Å²) in [5.41, 5.74) is -0.197. The molecule has 1 aliphatic heterocycles. The van der Waals surface area contributed by atoms with Crippen LogP contribution in [0.1, 0.15) is 26.3 Å². The van der Waals surface area contributed by atoms with Crippen molar-refractivity contribution in [3.05, 3.63) is 69.3 Å². The monoisotopic (exact) mass is 380 g/mol. The summed E-state index contributed by atoms with van der Waals surface area (Å²) in [6, 6.07) is 9.41. The van der Waals surface area contributed by atoms with Gasteiger partial charge in [-0.25, -0.2) is 13.3 Å². The van der Waals surface area contributed by atoms with Crippen molar-refractivity contribution >= 4 is 42.9 Å². The van der Waals surface area contributed by atoms with E-state index in [0.29, 0.717) is 5.56 Å². The molecule has 1 aliphatic rings. The van der Waals surface area contributed by atoms with Crippen LogP contribution in [0.15, 0.2) is 42.5 Å². The first kappa shape index (κ1) is 17.1. The minimum atomic E-state index is -3.74. The molecule has 0 atom stereocenters. The number of imide groups is 1. The van der Waals surface area contributed by atoms with Crippen LogP contribution >= 0.6 is 10.7 Å². The van der Waals surface area contributed by atoms with E-state index in [2.05, 4.69) is 0 Å². The number of anilines is 1. The Morgan fingerprint density at radius 3 is 2.24 bits per heavy atom. The van der Waals surface area contributed by atoms with E-state index in [-0.39, 0.29) is 16.8 Å². The van der Waals surface area contributed by atoms with Gasteiger partial charge >= 0.3 is 0 Å². The van der Waals surface area contributed by atoms with E-state index in [1.807, 2.05) is 0 Å². The molecule has 0 saturated heterocycles. The minimum Gasteiger partial charge on any atom is -0.268 e. The Kier molecular flexibility index (Phi) is 4.05. The molecule has 3 rings (SSSR count). The highest BCUT2D eigenvalue weighted by molar-refractivity contribution is 8.13. The molecule has 0 fully saturated rings. The Balaban J connectivity index is 2.00. The van der Waals surface area contributed by atoms with Crippen molar-refractivity contribution in [1.82, 2.24) is 0 Å². The average molecular weight is 381 g/mol. The summed E-state index contributed by atoms with van der Waals surface area (Å²) >= 11 is 0. The number of hydrogen-bond acceptors (Lipinski definition) is 6. The van der Waals surface area contributed by atoms with E-state index >= 15 is 0 Å². The van der Waals surface area contributed by atoms with Gasteiger partial charge in [0.2, 0.25) is 9.05 Å². The van der Waals surface area contributed by atoms with E-state index in [1.54, 1.807) is 0 Å². The molecule has 2 amide bonds. The molecule has 0 radical (unpaired) electrons. The van der Waals surface area contributed by atoms with Crippen molar-refractivity contribution in [3.8, 4) is 0 Å². The van der Waals surface area contributed by atoms with E-state index in [1.165, 1.54) is 36.4 Å². The van der Waals surface area contributed by atoms with Crippen LogP contribution in [0.5, 0.6) is 0 Å². The van der Waals surface area contributed by atoms with E-state index < -0.39 is 37.2 Å². The van der Waals surface area contributed by atoms with Crippen molar-refractivity contribution in [3.63, 3.8) is 0 Å². The van der Waals surface area contributed by atoms with Crippen LogP contribution in [-0.2, 0) is 14.8 Å². The molecule has 0 aliphatic carbocycles. The third kappa shape index (κ3) is 3.11. The lowest BCUT2D eigenvalue weighted by Crippen LogP contribution is -2.29. The third-order valence-electron chi connectivity index (χ3n) is 3.62. The number of amides is 2. The predicted molar refractivity (Wildman–Crippen MR) is 89.2 cm³/mol. The molecule has 0 saturated carbocycles. The van der Waals surface area contributed by atoms with Crippen LogP contribution in [0.2, 0.25) is 0 Å². The van der Waals surface area contributed by atoms with Crippen molar-refractivity contribution in [2.45, 2.75) is 5.75 Å². The minimum absolute atomic E-state index is 0.0494. The molecule has 0 spiro atoms. The molecule has 2 aromatic carbocycles. The van der Waals surface area contributed by atoms with Crippen LogP contribution in [0.4, 0.5) is 11.4 Å². The number of hydrogen-bond donors (Lipinski definition) is 0. The molecule has 2 aromatic rings. The summed E-state index contributed by atoms with van der Waals surface area (Å²) in [7, 11) is 1.44. The number of carbonyl (C=O) groups is 2. The number of fused-ring (bicyclic) bond motifs is 1. The molecular formula is C15H9ClN2O6S. The van der Waals surface area contributed by atoms with E-state index in [0.717, 1.165) is 11.0 Å². The Morgan fingerprint density at radius 2 is 1.68 bits per heavy atom. The van der Waals surface area contributed by atoms with Crippen molar-refractivity contribution in [1.29, 1.82) is 0 Å². The van der Waals surface area contributed by atoms with Crippen LogP contribution in [0.3, 0.4) is 0 Å². The summed E-state index contributed by atoms with van der Waals surface area (Å²) in [6.07, 6.45) is 0. The number of nitro groups is 1. The van der Waals surface area contributed by atoms with Crippen LogP contribution in [0, 0.1) is 10.1 Å². The predicted octanol–water partition coefficient (Wildman–Crippen LogP) is 2.46. The molecule has 1 heterocycles. The summed E-state index contributed by atoms with van der Waals surface area (Å²) in [4.78, 5) is 36.2. The molecule has 0 bridgehead atoms. The average Bonchev–Trinajstić information content (AvgIpc) is 2.78. The SMILES string of the molecule is O=C1c2cccc([N+](=O)[O-])c2C(=O)N1c1ccc(CS(=O)(=O)Cl)cc1. The topological polar surface area (TPSA) is 115 Å². The van der Waals surface area contributed by atoms with Crippen molar-refractivity contribution in [2.75, 3.05) is 4.90 Å². The highest BCUT2D eigenvalue weighted by atomic mass is 35.7. The molecular weight excluding hydrogens is 372 g/mol. The molecule has 8 nitrogen and oxygen atoms in total. The molecule has 0 N–H and O–H groups in total. The van der Waals surface area contributed by atoms with Gasteiger partial charge in [-0.3, -0.25) is 19.7 Å². The summed E-state index contributed by atoms with van der Waals surface area (Å²) in [5, 5.41) is 11.1. The first-order valence-electron chi connectivity index (χ1n) is 6.86. The second-order valence-corrected chi connectivity index (χ2v) is 8.03. The third-order valence-corrected chi connectivity index (χ3v) is 4.63. The zero-order valence-corrected chi connectivity index (χ0v) is 14.0. The van der Waals surface area contributed by atoms with E-state index in [9.17, 15) is 28.1 Å². The zero-order valence-electron chi connectivity index (χ0n) is 12.4. The molecule has 128 valence electrons. The quantitative estimate of drug-likeness (QED) is 0.348. The number of carbonyl (C=O) groups excluding carboxylic acids is 2. The standard InChI is InChI=1S/C15H9ClN2O6S/c16-25(23,24)8-9-4-6-10(7-5-9)17-14(19)11-2-1-3-12(18(21)22)13(11)15(17)20/h1-7H,8H2. The Bertz CT molecular complexity index is 1020. The maximum absolute atomic E-state index is 12.5. The fraction of sp³-hybridized carbons (Fsp3) is 0.0667. The summed E-state index contributed by atoms with van der Waals surface area (Å²) < 4.78 is 22.2. The number of halogens is 1. The Hall–Kier alpha value is -2.78. The van der Waals surface area contributed by atoms with Crippen molar-refractivity contribution < 1.29 is 22.9 Å². The van der Waals surface area contributed by atoms with Crippen molar-refractivity contribution in [2.24, 2.45) is 0 Å². The number of rotatable bonds is 4. The van der Waals surface area contributed by atoms with Crippen LogP contribution < -0.4 is 4.90 Å². The molecule has 0 unspecified atom stereocenters. The van der Waals surface area contributed by atoms with Gasteiger partial charge in [-0.05, 0) is 23.8 Å². The van der Waals surface area contributed by atoms with Gasteiger partial charge in [0.1, 0.15) is 5.56 Å². The fourth-order valence-electron chi connectivity index (χ4n) is 2.59. The first-order valence-corrected chi connectivity index (χ1v) is 9.34. The van der Waals surface area contributed by atoms with Gasteiger partial charge in [0.25, 0.3) is 17.5 Å². The van der Waals surface area contributed by atoms with Gasteiger partial charge in [-0.2, -0.15) is 0 Å². The van der Waals surface area contributed by atoms with Crippen LogP contribution in [-0.4, -0.2) is 25.2 Å². The highest BCUT2D eigenvalue weighted by Gasteiger charge is 2.41. The Labute approximate surface area is 146 Å². The lowest BCUT2D eigenvalue weighted by atomic mass is 10.1. The zero-order chi connectivity index (χ0) is 18.4. The van der Waals surface area contributed by atoms with Gasteiger partial charge in [0, 0.05) is 16.7 Å². The van der Waals surface area contributed by atoms with E-state index in [4.69, 9.17) is 10.7 Å². The maximum Gasteiger partial charge on any atom is 0.283 e. The van der Waals surface area contributed by atoms with Gasteiger partial charge < -0.3 is 0 Å². The van der Waals surface area contributed by atoms with Gasteiger partial charge in [0.05, 0.1) is 21.9 Å². The second kappa shape index (κ2) is 5.94. The molecule has 10 heteroatoms. The number of nitro benzene ring substituents is 1. The highest BCUT2D eigenvalue weighted by Crippen LogP contribution is 2.33. The lowest BCUT2D eigenvalue weighted by Gasteiger charge is -2.14. The van der Waals surface area contributed by atoms with Gasteiger partial charge in [-0.1, -0.05) is 18.2 Å². The second-order valence-electron chi connectivity index (χ2n) is 5.25. The fourth-order valence-corrected chi connectivity index (χ4v) is 3.56. The summed E-state index contributed by atoms with van der Waals surface area (Å²) in [5.74, 6) is -1.88. The molecule has 25 heavy (non-hydrogen) atoms. The first-order chi connectivity index (χ1) is 11.7. The molecule has 0 aromatic heterocycles. The smallest absolute Gasteiger partial charge is 0.268 e. The Morgan fingerprint density at radius 1 is 1.04 bits per heavy atom. The van der Waals surface area contributed by atoms with Crippen LogP contribution in [0.25, 0.3) is 0 Å². The maximum atomic E-state index is 12.5. The van der Waals surface area contributed by atoms with Gasteiger partial charge in [-0.15, -0.1) is 0 Å². The number of nitrogens with zero attached hydrogens (tertiary/aromatic N) is 2. The number of benzene rings is 2.